The number of nitrogens with two attached hydrogens (primary N) is 1. The zero-order valence-corrected chi connectivity index (χ0v) is 7.05. The number of nitrogens with zero attached hydrogens (tertiary/aromatic N) is 1. The normalized spacial score (nSPS) is 32.0. The fourth-order valence-corrected chi connectivity index (χ4v) is 2.11. The Bertz CT molecular complexity index is 163. The van der Waals surface area contributed by atoms with Crippen LogP contribution in [-0.4, -0.2) is 24.8 Å². The van der Waals surface area contributed by atoms with Gasteiger partial charge >= 0.3 is 0 Å². The molecule has 2 heterocycles. The van der Waals surface area contributed by atoms with Crippen LogP contribution in [0.25, 0.3) is 0 Å². The molecule has 11 heavy (non-hydrogen) atoms. The van der Waals surface area contributed by atoms with Gasteiger partial charge in [0.1, 0.15) is 6.04 Å². The minimum Gasteiger partial charge on any atom is -0.339 e. The molecular weight excluding hydrogens is 136 g/mol. The van der Waals surface area contributed by atoms with Gasteiger partial charge in [-0.15, -0.1) is 0 Å². The van der Waals surface area contributed by atoms with Gasteiger partial charge in [0.25, 0.3) is 0 Å². The van der Waals surface area contributed by atoms with Gasteiger partial charge in [0.05, 0.1) is 12.3 Å². The molecule has 1 atom stereocenters. The van der Waals surface area contributed by atoms with Crippen LogP contribution in [0.2, 0.25) is 0 Å². The van der Waals surface area contributed by atoms with Gasteiger partial charge < -0.3 is 5.32 Å². The number of aliphatic imine (C=N–C) groups is 1. The summed E-state index contributed by atoms with van der Waals surface area (Å²) in [4.78, 5) is 4.60. The van der Waals surface area contributed by atoms with Crippen molar-refractivity contribution < 1.29 is 5.32 Å². The topological polar surface area (TPSA) is 29.0 Å². The van der Waals surface area contributed by atoms with E-state index in [-0.39, 0.29) is 0 Å². The van der Waals surface area contributed by atoms with Crippen molar-refractivity contribution in [3.63, 3.8) is 0 Å². The van der Waals surface area contributed by atoms with Crippen LogP contribution >= 0.6 is 0 Å². The third kappa shape index (κ3) is 1.62. The Balaban J connectivity index is 2.07. The van der Waals surface area contributed by atoms with Gasteiger partial charge in [-0.2, -0.15) is 0 Å². The Morgan fingerprint density at radius 3 is 3.27 bits per heavy atom. The predicted octanol–water partition coefficient (Wildman–Crippen LogP) is 0.337. The lowest BCUT2D eigenvalue weighted by atomic mass is 10.0. The number of hydrogen-bond donors (Lipinski definition) is 1. The van der Waals surface area contributed by atoms with Gasteiger partial charge in [-0.05, 0) is 25.7 Å². The molecule has 0 saturated carbocycles. The lowest BCUT2D eigenvalue weighted by Gasteiger charge is -2.18. The molecule has 2 N–H and O–H groups in total. The van der Waals surface area contributed by atoms with E-state index in [9.17, 15) is 0 Å². The first-order chi connectivity index (χ1) is 5.47. The molecule has 62 valence electrons. The van der Waals surface area contributed by atoms with Gasteiger partial charge in [0, 0.05) is 13.0 Å². The Morgan fingerprint density at radius 2 is 2.27 bits per heavy atom. The summed E-state index contributed by atoms with van der Waals surface area (Å²) < 4.78 is 0. The molecule has 0 radical (unpaired) electrons. The largest absolute Gasteiger partial charge is 0.339 e. The van der Waals surface area contributed by atoms with Crippen LogP contribution in [0.4, 0.5) is 0 Å². The van der Waals surface area contributed by atoms with E-state index >= 15 is 0 Å². The summed E-state index contributed by atoms with van der Waals surface area (Å²) in [5.74, 6) is 0. The highest BCUT2D eigenvalue weighted by molar-refractivity contribution is 5.88. The molecule has 2 heteroatoms. The molecule has 0 aromatic heterocycles. The van der Waals surface area contributed by atoms with Crippen molar-refractivity contribution in [2.75, 3.05) is 13.1 Å². The Kier molecular flexibility index (Phi) is 2.22. The molecule has 1 saturated heterocycles. The van der Waals surface area contributed by atoms with Crippen molar-refractivity contribution in [2.24, 2.45) is 4.99 Å². The molecule has 2 rings (SSSR count). The number of hydrogen-bond acceptors (Lipinski definition) is 1. The third-order valence-corrected chi connectivity index (χ3v) is 2.75. The van der Waals surface area contributed by atoms with Crippen molar-refractivity contribution in [2.45, 2.75) is 38.1 Å². The second-order valence-electron chi connectivity index (χ2n) is 3.60. The van der Waals surface area contributed by atoms with Crippen molar-refractivity contribution in [3.8, 4) is 0 Å². The standard InChI is InChI=1S/C9H16N2/c1-2-6-10-9-5-3-7-11-8(9)4-1/h9-10H,1-7H2/p+1. The van der Waals surface area contributed by atoms with Crippen molar-refractivity contribution in [3.05, 3.63) is 0 Å². The van der Waals surface area contributed by atoms with Crippen LogP contribution in [0.1, 0.15) is 32.1 Å². The van der Waals surface area contributed by atoms with Gasteiger partial charge in [0.2, 0.25) is 0 Å². The first kappa shape index (κ1) is 7.29. The molecule has 0 aromatic rings. The van der Waals surface area contributed by atoms with E-state index in [0.29, 0.717) is 0 Å². The van der Waals surface area contributed by atoms with E-state index in [1.54, 1.807) is 0 Å². The molecular formula is C9H17N2+. The molecule has 0 bridgehead atoms. The van der Waals surface area contributed by atoms with Crippen LogP contribution in [0.5, 0.6) is 0 Å². The number of rotatable bonds is 0. The second kappa shape index (κ2) is 3.35. The van der Waals surface area contributed by atoms with E-state index in [2.05, 4.69) is 10.3 Å². The van der Waals surface area contributed by atoms with Gasteiger partial charge in [-0.1, -0.05) is 0 Å². The van der Waals surface area contributed by atoms with Crippen molar-refractivity contribution >= 4 is 5.71 Å². The van der Waals surface area contributed by atoms with E-state index in [1.165, 1.54) is 44.4 Å². The highest BCUT2D eigenvalue weighted by atomic mass is 15.0. The molecule has 1 unspecified atom stereocenters. The van der Waals surface area contributed by atoms with Crippen LogP contribution in [0.15, 0.2) is 4.99 Å². The molecule has 0 amide bonds. The lowest BCUT2D eigenvalue weighted by molar-refractivity contribution is -0.674. The van der Waals surface area contributed by atoms with Gasteiger partial charge in [0.15, 0.2) is 0 Å². The van der Waals surface area contributed by atoms with Crippen molar-refractivity contribution in [1.82, 2.24) is 0 Å². The molecule has 0 spiro atoms. The Morgan fingerprint density at radius 1 is 1.27 bits per heavy atom. The summed E-state index contributed by atoms with van der Waals surface area (Å²) in [7, 11) is 0. The first-order valence-corrected chi connectivity index (χ1v) is 4.83. The molecule has 2 nitrogen and oxygen atoms in total. The molecule has 0 aliphatic carbocycles. The minimum absolute atomic E-state index is 0.770. The Hall–Kier alpha value is -0.370. The monoisotopic (exact) mass is 153 g/mol. The van der Waals surface area contributed by atoms with Crippen LogP contribution in [0.3, 0.4) is 0 Å². The van der Waals surface area contributed by atoms with Crippen molar-refractivity contribution in [1.29, 1.82) is 0 Å². The maximum absolute atomic E-state index is 4.60. The summed E-state index contributed by atoms with van der Waals surface area (Å²) in [5.41, 5.74) is 1.51. The van der Waals surface area contributed by atoms with E-state index in [4.69, 9.17) is 0 Å². The van der Waals surface area contributed by atoms with Crippen LogP contribution in [-0.2, 0) is 0 Å². The number of fused-ring (bicyclic) bond motifs is 1. The summed E-state index contributed by atoms with van der Waals surface area (Å²) >= 11 is 0. The summed E-state index contributed by atoms with van der Waals surface area (Å²) in [5, 5.41) is 2.49. The average Bonchev–Trinajstić information content (AvgIpc) is 2.28. The van der Waals surface area contributed by atoms with Crippen LogP contribution in [0, 0.1) is 0 Å². The lowest BCUT2D eigenvalue weighted by Crippen LogP contribution is -2.91. The average molecular weight is 153 g/mol. The van der Waals surface area contributed by atoms with E-state index in [1.807, 2.05) is 0 Å². The van der Waals surface area contributed by atoms with E-state index in [0.717, 1.165) is 12.6 Å². The smallest absolute Gasteiger partial charge is 0.124 e. The summed E-state index contributed by atoms with van der Waals surface area (Å²) in [6.07, 6.45) is 6.71. The summed E-state index contributed by atoms with van der Waals surface area (Å²) in [6.45, 7) is 2.42. The minimum atomic E-state index is 0.770. The van der Waals surface area contributed by atoms with Crippen LogP contribution < -0.4 is 5.32 Å². The number of quaternary nitrogens is 1. The van der Waals surface area contributed by atoms with Gasteiger partial charge in [-0.3, -0.25) is 4.99 Å². The zero-order chi connectivity index (χ0) is 7.52. The summed E-state index contributed by atoms with van der Waals surface area (Å²) in [6, 6.07) is 0.770. The second-order valence-corrected chi connectivity index (χ2v) is 3.60. The Labute approximate surface area is 68.1 Å². The maximum Gasteiger partial charge on any atom is 0.124 e. The van der Waals surface area contributed by atoms with E-state index < -0.39 is 0 Å². The quantitative estimate of drug-likeness (QED) is 0.520. The maximum atomic E-state index is 4.60. The fourth-order valence-electron chi connectivity index (χ4n) is 2.11. The fraction of sp³-hybridized carbons (Fsp3) is 0.889. The highest BCUT2D eigenvalue weighted by Crippen LogP contribution is 2.11. The molecule has 2 aliphatic rings. The first-order valence-electron chi connectivity index (χ1n) is 4.83. The third-order valence-electron chi connectivity index (χ3n) is 2.75. The predicted molar refractivity (Wildman–Crippen MR) is 46.0 cm³/mol. The zero-order valence-electron chi connectivity index (χ0n) is 7.05. The SMILES string of the molecule is C1CCC2=NCCCC2[NH2+]C1. The molecule has 2 aliphatic heterocycles. The highest BCUT2D eigenvalue weighted by Gasteiger charge is 2.23. The molecule has 0 aromatic carbocycles. The van der Waals surface area contributed by atoms with Gasteiger partial charge in [-0.25, -0.2) is 0 Å². The molecule has 1 fully saturated rings.